The Balaban J connectivity index is 1.82. The molecule has 110 valence electrons. The Kier molecular flexibility index (Phi) is 4.48. The maximum absolute atomic E-state index is 5.95. The van der Waals surface area contributed by atoms with Gasteiger partial charge in [0.05, 0.1) is 24.7 Å². The van der Waals surface area contributed by atoms with Crippen LogP contribution in [0.2, 0.25) is 0 Å². The molecule has 0 radical (unpaired) electrons. The molecule has 0 aromatic carbocycles. The van der Waals surface area contributed by atoms with Gasteiger partial charge in [0.15, 0.2) is 0 Å². The summed E-state index contributed by atoms with van der Waals surface area (Å²) in [5.41, 5.74) is 1.29. The summed E-state index contributed by atoms with van der Waals surface area (Å²) in [5, 5.41) is 3.38. The molecule has 0 aromatic heterocycles. The van der Waals surface area contributed by atoms with E-state index >= 15 is 0 Å². The molecule has 0 spiro atoms. The topological polar surface area (TPSA) is 33.7 Å². The first kappa shape index (κ1) is 14.2. The number of allylic oxidation sites excluding steroid dienone is 4. The lowest BCUT2D eigenvalue weighted by molar-refractivity contribution is 0.136. The maximum Gasteiger partial charge on any atom is 0.133 e. The van der Waals surface area contributed by atoms with Crippen molar-refractivity contribution in [3.8, 4) is 0 Å². The molecule has 1 fully saturated rings. The monoisotopic (exact) mass is 340 g/mol. The van der Waals surface area contributed by atoms with Crippen molar-refractivity contribution in [1.82, 2.24) is 10.2 Å². The Morgan fingerprint density at radius 1 is 1.45 bits per heavy atom. The first-order chi connectivity index (χ1) is 9.78. The minimum Gasteiger partial charge on any atom is -0.496 e. The van der Waals surface area contributed by atoms with Crippen LogP contribution in [0.1, 0.15) is 6.42 Å². The zero-order valence-corrected chi connectivity index (χ0v) is 13.4. The Hall–Kier alpha value is -0.780. The molecule has 0 amide bonds. The molecule has 1 unspecified atom stereocenters. The molecule has 5 heteroatoms. The quantitative estimate of drug-likeness (QED) is 0.852. The third-order valence-corrected chi connectivity index (χ3v) is 4.75. The van der Waals surface area contributed by atoms with Crippen molar-refractivity contribution in [2.75, 3.05) is 46.4 Å². The predicted molar refractivity (Wildman–Crippen MR) is 82.5 cm³/mol. The first-order valence-corrected chi connectivity index (χ1v) is 7.99. The van der Waals surface area contributed by atoms with Gasteiger partial charge < -0.3 is 14.8 Å². The molecule has 1 saturated heterocycles. The summed E-state index contributed by atoms with van der Waals surface area (Å²) in [6.07, 6.45) is 5.42. The van der Waals surface area contributed by atoms with E-state index in [2.05, 4.69) is 38.3 Å². The van der Waals surface area contributed by atoms with Gasteiger partial charge in [0.25, 0.3) is 0 Å². The maximum atomic E-state index is 5.95. The van der Waals surface area contributed by atoms with Gasteiger partial charge in [-0.2, -0.15) is 0 Å². The lowest BCUT2D eigenvalue weighted by atomic mass is 9.88. The summed E-state index contributed by atoms with van der Waals surface area (Å²) < 4.78 is 12.4. The Morgan fingerprint density at radius 2 is 2.25 bits per heavy atom. The van der Waals surface area contributed by atoms with Gasteiger partial charge in [-0.1, -0.05) is 6.08 Å². The molecule has 2 aliphatic heterocycles. The van der Waals surface area contributed by atoms with Gasteiger partial charge >= 0.3 is 0 Å². The van der Waals surface area contributed by atoms with E-state index in [9.17, 15) is 0 Å². The van der Waals surface area contributed by atoms with Gasteiger partial charge in [0.2, 0.25) is 0 Å². The highest BCUT2D eigenvalue weighted by Crippen LogP contribution is 2.37. The lowest BCUT2D eigenvalue weighted by Gasteiger charge is -2.33. The van der Waals surface area contributed by atoms with E-state index in [-0.39, 0.29) is 0 Å². The van der Waals surface area contributed by atoms with Crippen LogP contribution in [-0.4, -0.2) is 51.3 Å². The van der Waals surface area contributed by atoms with Crippen molar-refractivity contribution in [3.05, 3.63) is 33.7 Å². The summed E-state index contributed by atoms with van der Waals surface area (Å²) in [6, 6.07) is 0. The number of hydrogen-bond donors (Lipinski definition) is 1. The van der Waals surface area contributed by atoms with E-state index in [1.165, 1.54) is 5.57 Å². The molecule has 3 aliphatic rings. The fraction of sp³-hybridized carbons (Fsp3) is 0.600. The second-order valence-electron chi connectivity index (χ2n) is 5.38. The standard InChI is InChI=1S/C15H21BrN2O2/c1-19-14-9-12-11(8-13(14)16)2-7-20-15(12)10-18-5-3-17-4-6-18/h8-9,11,17H,2-7,10H2,1H3. The number of ether oxygens (including phenoxy) is 2. The molecule has 4 nitrogen and oxygen atoms in total. The summed E-state index contributed by atoms with van der Waals surface area (Å²) in [7, 11) is 1.71. The largest absolute Gasteiger partial charge is 0.496 e. The first-order valence-electron chi connectivity index (χ1n) is 7.20. The van der Waals surface area contributed by atoms with E-state index in [4.69, 9.17) is 9.47 Å². The van der Waals surface area contributed by atoms with Gasteiger partial charge in [-0.25, -0.2) is 0 Å². The Bertz CT molecular complexity index is 464. The highest BCUT2D eigenvalue weighted by molar-refractivity contribution is 9.11. The zero-order chi connectivity index (χ0) is 13.9. The Labute approximate surface area is 128 Å². The average molecular weight is 341 g/mol. The van der Waals surface area contributed by atoms with Crippen molar-refractivity contribution in [1.29, 1.82) is 0 Å². The van der Waals surface area contributed by atoms with E-state index < -0.39 is 0 Å². The second kappa shape index (κ2) is 6.33. The van der Waals surface area contributed by atoms with Gasteiger partial charge in [0, 0.05) is 37.7 Å². The molecule has 1 aliphatic carbocycles. The van der Waals surface area contributed by atoms with Crippen LogP contribution >= 0.6 is 15.9 Å². The average Bonchev–Trinajstić information content (AvgIpc) is 2.48. The molecule has 1 N–H and O–H groups in total. The number of fused-ring (bicyclic) bond motifs is 1. The van der Waals surface area contributed by atoms with Crippen LogP contribution in [0.4, 0.5) is 0 Å². The molecule has 0 aromatic rings. The van der Waals surface area contributed by atoms with E-state index in [0.717, 1.165) is 61.8 Å². The van der Waals surface area contributed by atoms with Crippen LogP contribution in [0.5, 0.6) is 0 Å². The fourth-order valence-corrected chi connectivity index (χ4v) is 3.55. The summed E-state index contributed by atoms with van der Waals surface area (Å²) in [5.74, 6) is 2.46. The summed E-state index contributed by atoms with van der Waals surface area (Å²) in [6.45, 7) is 6.03. The molecule has 1 atom stereocenters. The van der Waals surface area contributed by atoms with Crippen molar-refractivity contribution in [3.63, 3.8) is 0 Å². The minimum atomic E-state index is 0.454. The molecule has 0 saturated carbocycles. The van der Waals surface area contributed by atoms with E-state index in [0.29, 0.717) is 5.92 Å². The van der Waals surface area contributed by atoms with Crippen molar-refractivity contribution >= 4 is 15.9 Å². The van der Waals surface area contributed by atoms with Crippen LogP contribution in [0.25, 0.3) is 0 Å². The SMILES string of the molecule is COC1=CC2=C(CN3CCNCC3)OCCC2C=C1Br. The number of nitrogens with zero attached hydrogens (tertiary/aromatic N) is 1. The molecule has 0 bridgehead atoms. The number of halogens is 1. The minimum absolute atomic E-state index is 0.454. The van der Waals surface area contributed by atoms with Gasteiger partial charge in [-0.05, 0) is 28.4 Å². The van der Waals surface area contributed by atoms with Gasteiger partial charge in [-0.3, -0.25) is 4.90 Å². The molecule has 3 rings (SSSR count). The van der Waals surface area contributed by atoms with Crippen molar-refractivity contribution < 1.29 is 9.47 Å². The van der Waals surface area contributed by atoms with Gasteiger partial charge in [-0.15, -0.1) is 0 Å². The smallest absolute Gasteiger partial charge is 0.133 e. The number of piperazine rings is 1. The van der Waals surface area contributed by atoms with Crippen LogP contribution in [0.3, 0.4) is 0 Å². The number of methoxy groups -OCH3 is 1. The third kappa shape index (κ3) is 2.95. The van der Waals surface area contributed by atoms with E-state index in [1.807, 2.05) is 0 Å². The highest BCUT2D eigenvalue weighted by Gasteiger charge is 2.27. The number of hydrogen-bond acceptors (Lipinski definition) is 4. The third-order valence-electron chi connectivity index (χ3n) is 4.09. The molecular weight excluding hydrogens is 320 g/mol. The van der Waals surface area contributed by atoms with Crippen LogP contribution < -0.4 is 5.32 Å². The molecule has 20 heavy (non-hydrogen) atoms. The van der Waals surface area contributed by atoms with Crippen molar-refractivity contribution in [2.24, 2.45) is 5.92 Å². The van der Waals surface area contributed by atoms with Crippen LogP contribution in [0, 0.1) is 5.92 Å². The van der Waals surface area contributed by atoms with Crippen molar-refractivity contribution in [2.45, 2.75) is 6.42 Å². The predicted octanol–water partition coefficient (Wildman–Crippen LogP) is 2.00. The second-order valence-corrected chi connectivity index (χ2v) is 6.23. The normalized spacial score (nSPS) is 27.4. The Morgan fingerprint density at radius 3 is 3.00 bits per heavy atom. The number of rotatable bonds is 3. The lowest BCUT2D eigenvalue weighted by Crippen LogP contribution is -2.44. The highest BCUT2D eigenvalue weighted by atomic mass is 79.9. The molecular formula is C15H21BrN2O2. The van der Waals surface area contributed by atoms with Crippen LogP contribution in [-0.2, 0) is 9.47 Å². The van der Waals surface area contributed by atoms with Gasteiger partial charge in [0.1, 0.15) is 11.5 Å². The summed E-state index contributed by atoms with van der Waals surface area (Å²) >= 11 is 3.58. The van der Waals surface area contributed by atoms with E-state index in [1.54, 1.807) is 7.11 Å². The fourth-order valence-electron chi connectivity index (χ4n) is 2.95. The molecule has 2 heterocycles. The zero-order valence-electron chi connectivity index (χ0n) is 11.8. The van der Waals surface area contributed by atoms with Crippen LogP contribution in [0.15, 0.2) is 33.7 Å². The summed E-state index contributed by atoms with van der Waals surface area (Å²) in [4.78, 5) is 2.45. The number of nitrogens with one attached hydrogen (secondary N) is 1.